The minimum Gasteiger partial charge on any atom is -0.480 e. The summed E-state index contributed by atoms with van der Waals surface area (Å²) in [7, 11) is 0. The van der Waals surface area contributed by atoms with E-state index in [-0.39, 0.29) is 12.0 Å². The van der Waals surface area contributed by atoms with Crippen molar-refractivity contribution < 1.29 is 19.1 Å². The largest absolute Gasteiger partial charge is 0.480 e. The number of hydrogen-bond donors (Lipinski definition) is 0. The maximum absolute atomic E-state index is 12.9. The molecule has 0 spiro atoms. The molecule has 1 aliphatic heterocycles. The maximum atomic E-state index is 12.9. The van der Waals surface area contributed by atoms with Gasteiger partial charge in [-0.1, -0.05) is 43.3 Å². The van der Waals surface area contributed by atoms with Crippen LogP contribution in [-0.2, 0) is 9.53 Å². The van der Waals surface area contributed by atoms with Crippen LogP contribution in [0.1, 0.15) is 20.3 Å². The number of piperazine rings is 1. The molecular weight excluding hydrogens is 344 g/mol. The summed E-state index contributed by atoms with van der Waals surface area (Å²) >= 11 is 0. The fourth-order valence-corrected chi connectivity index (χ4v) is 3.29. The van der Waals surface area contributed by atoms with E-state index in [0.717, 1.165) is 16.5 Å². The van der Waals surface area contributed by atoms with Crippen molar-refractivity contribution in [2.75, 3.05) is 32.8 Å². The molecule has 0 aromatic heterocycles. The van der Waals surface area contributed by atoms with Crippen molar-refractivity contribution in [2.24, 2.45) is 0 Å². The summed E-state index contributed by atoms with van der Waals surface area (Å²) in [6.07, 6.45) is -0.270. The first kappa shape index (κ1) is 19.0. The molecule has 6 heteroatoms. The first-order valence-corrected chi connectivity index (χ1v) is 9.49. The van der Waals surface area contributed by atoms with Crippen molar-refractivity contribution in [3.63, 3.8) is 0 Å². The third-order valence-corrected chi connectivity index (χ3v) is 4.78. The molecule has 0 N–H and O–H groups in total. The van der Waals surface area contributed by atoms with E-state index in [1.807, 2.05) is 49.4 Å². The summed E-state index contributed by atoms with van der Waals surface area (Å²) in [5, 5.41) is 2.08. The van der Waals surface area contributed by atoms with Crippen molar-refractivity contribution in [1.29, 1.82) is 0 Å². The van der Waals surface area contributed by atoms with Crippen molar-refractivity contribution in [1.82, 2.24) is 9.80 Å². The number of fused-ring (bicyclic) bond motifs is 1. The van der Waals surface area contributed by atoms with Gasteiger partial charge in [0.25, 0.3) is 5.91 Å². The molecule has 0 aliphatic carbocycles. The zero-order valence-corrected chi connectivity index (χ0v) is 15.9. The number of hydrogen-bond acceptors (Lipinski definition) is 4. The van der Waals surface area contributed by atoms with Crippen LogP contribution in [-0.4, -0.2) is 60.7 Å². The van der Waals surface area contributed by atoms with Crippen LogP contribution in [0.4, 0.5) is 4.79 Å². The minimum atomic E-state index is -0.537. The highest BCUT2D eigenvalue weighted by Crippen LogP contribution is 2.27. The van der Waals surface area contributed by atoms with Gasteiger partial charge in [0.15, 0.2) is 6.10 Å². The average molecular weight is 370 g/mol. The zero-order valence-electron chi connectivity index (χ0n) is 15.9. The molecule has 1 atom stereocenters. The summed E-state index contributed by atoms with van der Waals surface area (Å²) in [6.45, 7) is 6.04. The Morgan fingerprint density at radius 1 is 0.963 bits per heavy atom. The van der Waals surface area contributed by atoms with Crippen molar-refractivity contribution in [3.8, 4) is 5.75 Å². The van der Waals surface area contributed by atoms with Crippen LogP contribution in [0.25, 0.3) is 10.8 Å². The first-order chi connectivity index (χ1) is 13.1. The van der Waals surface area contributed by atoms with Crippen molar-refractivity contribution in [3.05, 3.63) is 42.5 Å². The summed E-state index contributed by atoms with van der Waals surface area (Å²) in [5.41, 5.74) is 0. The minimum absolute atomic E-state index is 0.0334. The van der Waals surface area contributed by atoms with Gasteiger partial charge in [-0.15, -0.1) is 0 Å². The quantitative estimate of drug-likeness (QED) is 0.810. The van der Waals surface area contributed by atoms with E-state index in [1.165, 1.54) is 0 Å². The van der Waals surface area contributed by atoms with E-state index in [0.29, 0.717) is 39.2 Å². The summed E-state index contributed by atoms with van der Waals surface area (Å²) in [6, 6.07) is 13.8. The Hall–Kier alpha value is -2.76. The summed E-state index contributed by atoms with van der Waals surface area (Å²) in [4.78, 5) is 28.2. The Morgan fingerprint density at radius 2 is 1.63 bits per heavy atom. The highest BCUT2D eigenvalue weighted by atomic mass is 16.6. The fraction of sp³-hybridized carbons (Fsp3) is 0.429. The fourth-order valence-electron chi connectivity index (χ4n) is 3.29. The molecule has 1 unspecified atom stereocenters. The van der Waals surface area contributed by atoms with E-state index in [9.17, 15) is 9.59 Å². The van der Waals surface area contributed by atoms with Crippen LogP contribution in [0.15, 0.2) is 42.5 Å². The van der Waals surface area contributed by atoms with E-state index < -0.39 is 6.10 Å². The van der Waals surface area contributed by atoms with Crippen LogP contribution in [0.3, 0.4) is 0 Å². The molecule has 2 aromatic rings. The highest BCUT2D eigenvalue weighted by molar-refractivity contribution is 5.89. The predicted molar refractivity (Wildman–Crippen MR) is 104 cm³/mol. The van der Waals surface area contributed by atoms with Crippen molar-refractivity contribution in [2.45, 2.75) is 26.4 Å². The maximum Gasteiger partial charge on any atom is 0.409 e. The Kier molecular flexibility index (Phi) is 6.16. The molecule has 0 radical (unpaired) electrons. The van der Waals surface area contributed by atoms with E-state index >= 15 is 0 Å². The summed E-state index contributed by atoms with van der Waals surface area (Å²) in [5.74, 6) is 0.687. The second kappa shape index (κ2) is 8.75. The van der Waals surface area contributed by atoms with Gasteiger partial charge in [0.05, 0.1) is 6.61 Å². The number of rotatable bonds is 5. The molecule has 0 saturated carbocycles. The van der Waals surface area contributed by atoms with Crippen LogP contribution in [0.2, 0.25) is 0 Å². The number of ether oxygens (including phenoxy) is 2. The standard InChI is InChI=1S/C21H26N2O4/c1-3-18(27-19-11-7-9-16-8-5-6-10-17(16)19)20(24)22-12-14-23(15-13-22)21(25)26-4-2/h5-11,18H,3-4,12-15H2,1-2H3. The third kappa shape index (κ3) is 4.32. The summed E-state index contributed by atoms with van der Waals surface area (Å²) < 4.78 is 11.1. The molecule has 2 amide bonds. The Balaban J connectivity index is 1.65. The smallest absolute Gasteiger partial charge is 0.409 e. The van der Waals surface area contributed by atoms with Crippen LogP contribution >= 0.6 is 0 Å². The number of amides is 2. The molecule has 1 heterocycles. The Morgan fingerprint density at radius 3 is 2.33 bits per heavy atom. The molecule has 1 aliphatic rings. The van der Waals surface area contributed by atoms with Gasteiger partial charge in [-0.05, 0) is 24.8 Å². The lowest BCUT2D eigenvalue weighted by atomic mass is 10.1. The monoisotopic (exact) mass is 370 g/mol. The number of carbonyl (C=O) groups is 2. The van der Waals surface area contributed by atoms with E-state index in [4.69, 9.17) is 9.47 Å². The third-order valence-electron chi connectivity index (χ3n) is 4.78. The van der Waals surface area contributed by atoms with Gasteiger partial charge in [-0.3, -0.25) is 4.79 Å². The SMILES string of the molecule is CCOC(=O)N1CCN(C(=O)C(CC)Oc2cccc3ccccc23)CC1. The molecule has 1 fully saturated rings. The molecule has 144 valence electrons. The zero-order chi connectivity index (χ0) is 19.2. The highest BCUT2D eigenvalue weighted by Gasteiger charge is 2.29. The van der Waals surface area contributed by atoms with Crippen LogP contribution in [0.5, 0.6) is 5.75 Å². The van der Waals surface area contributed by atoms with Gasteiger partial charge in [-0.2, -0.15) is 0 Å². The first-order valence-electron chi connectivity index (χ1n) is 9.49. The molecule has 3 rings (SSSR count). The molecule has 0 bridgehead atoms. The van der Waals surface area contributed by atoms with Gasteiger partial charge in [-0.25, -0.2) is 4.79 Å². The second-order valence-corrected chi connectivity index (χ2v) is 6.50. The normalized spacial score (nSPS) is 15.5. The number of nitrogens with zero attached hydrogens (tertiary/aromatic N) is 2. The van der Waals surface area contributed by atoms with E-state index in [1.54, 1.807) is 16.7 Å². The van der Waals surface area contributed by atoms with Gasteiger partial charge in [0.2, 0.25) is 0 Å². The van der Waals surface area contributed by atoms with Crippen molar-refractivity contribution >= 4 is 22.8 Å². The van der Waals surface area contributed by atoms with Gasteiger partial charge >= 0.3 is 6.09 Å². The van der Waals surface area contributed by atoms with Gasteiger partial charge in [0.1, 0.15) is 5.75 Å². The Labute approximate surface area is 159 Å². The van der Waals surface area contributed by atoms with E-state index in [2.05, 4.69) is 0 Å². The number of carbonyl (C=O) groups excluding carboxylic acids is 2. The predicted octanol–water partition coefficient (Wildman–Crippen LogP) is 3.30. The van der Waals surface area contributed by atoms with Gasteiger partial charge < -0.3 is 19.3 Å². The number of benzene rings is 2. The van der Waals surface area contributed by atoms with Crippen LogP contribution in [0, 0.1) is 0 Å². The lowest BCUT2D eigenvalue weighted by Gasteiger charge is -2.35. The lowest BCUT2D eigenvalue weighted by molar-refractivity contribution is -0.140. The second-order valence-electron chi connectivity index (χ2n) is 6.50. The molecule has 2 aromatic carbocycles. The van der Waals surface area contributed by atoms with Gasteiger partial charge in [0, 0.05) is 31.6 Å². The molecule has 6 nitrogen and oxygen atoms in total. The molecule has 27 heavy (non-hydrogen) atoms. The lowest BCUT2D eigenvalue weighted by Crippen LogP contribution is -2.53. The average Bonchev–Trinajstić information content (AvgIpc) is 2.72. The topological polar surface area (TPSA) is 59.1 Å². The molecular formula is C21H26N2O4. The Bertz CT molecular complexity index is 794. The molecule has 1 saturated heterocycles. The van der Waals surface area contributed by atoms with Crippen LogP contribution < -0.4 is 4.74 Å².